The van der Waals surface area contributed by atoms with Gasteiger partial charge in [-0.05, 0) is 6.42 Å². The van der Waals surface area contributed by atoms with Crippen LogP contribution in [0.15, 0.2) is 30.3 Å². The molecule has 0 aromatic heterocycles. The van der Waals surface area contributed by atoms with Crippen molar-refractivity contribution in [1.29, 1.82) is 0 Å². The molecule has 0 saturated carbocycles. The van der Waals surface area contributed by atoms with E-state index in [9.17, 15) is 18.0 Å². The Balaban J connectivity index is 2.98. The average Bonchev–Trinajstić information content (AvgIpc) is 2.28. The lowest BCUT2D eigenvalue weighted by molar-refractivity contribution is -0.118. The summed E-state index contributed by atoms with van der Waals surface area (Å²) in [6.07, 6.45) is 0.776. The summed E-state index contributed by atoms with van der Waals surface area (Å²) in [5, 5.41) is -1.22. The van der Waals surface area contributed by atoms with Crippen LogP contribution in [0.4, 0.5) is 0 Å². The van der Waals surface area contributed by atoms with Crippen LogP contribution < -0.4 is 5.73 Å². The smallest absolute Gasteiger partial charge is 0.217 e. The van der Waals surface area contributed by atoms with Gasteiger partial charge in [-0.25, -0.2) is 8.42 Å². The van der Waals surface area contributed by atoms with Crippen molar-refractivity contribution in [3.05, 3.63) is 35.9 Å². The van der Waals surface area contributed by atoms with Crippen molar-refractivity contribution in [1.82, 2.24) is 0 Å². The fourth-order valence-electron chi connectivity index (χ4n) is 1.60. The number of ketones is 1. The Kier molecular flexibility index (Phi) is 4.61. The molecule has 2 N–H and O–H groups in total. The fourth-order valence-corrected chi connectivity index (χ4v) is 2.67. The van der Waals surface area contributed by atoms with E-state index in [0.29, 0.717) is 5.56 Å². The second-order valence-corrected chi connectivity index (χ2v) is 6.28. The molecule has 0 aliphatic carbocycles. The minimum absolute atomic E-state index is 0.0815. The maximum Gasteiger partial charge on any atom is 0.217 e. The van der Waals surface area contributed by atoms with Crippen LogP contribution in [0, 0.1) is 0 Å². The standard InChI is InChI=1S/C12H15NO4S/c1-18(16,17)10(7-8-11(13)14)12(15)9-5-3-2-4-6-9/h2-6,10H,7-8H2,1H3,(H2,13,14). The van der Waals surface area contributed by atoms with Gasteiger partial charge >= 0.3 is 0 Å². The molecule has 0 aliphatic rings. The second-order valence-electron chi connectivity index (χ2n) is 4.05. The highest BCUT2D eigenvalue weighted by atomic mass is 32.2. The largest absolute Gasteiger partial charge is 0.370 e. The Morgan fingerprint density at radius 2 is 1.78 bits per heavy atom. The van der Waals surface area contributed by atoms with Gasteiger partial charge in [0.2, 0.25) is 5.91 Å². The van der Waals surface area contributed by atoms with Gasteiger partial charge in [-0.1, -0.05) is 30.3 Å². The van der Waals surface area contributed by atoms with Crippen molar-refractivity contribution in [2.24, 2.45) is 5.73 Å². The van der Waals surface area contributed by atoms with Gasteiger partial charge in [0.1, 0.15) is 5.25 Å². The van der Waals surface area contributed by atoms with Crippen molar-refractivity contribution < 1.29 is 18.0 Å². The van der Waals surface area contributed by atoms with Gasteiger partial charge in [-0.2, -0.15) is 0 Å². The number of benzene rings is 1. The Hall–Kier alpha value is -1.69. The van der Waals surface area contributed by atoms with E-state index in [4.69, 9.17) is 5.73 Å². The molecule has 98 valence electrons. The molecule has 18 heavy (non-hydrogen) atoms. The number of sulfone groups is 1. The molecular formula is C12H15NO4S. The lowest BCUT2D eigenvalue weighted by Gasteiger charge is -2.13. The Morgan fingerprint density at radius 1 is 1.22 bits per heavy atom. The molecule has 0 spiro atoms. The molecule has 0 heterocycles. The van der Waals surface area contributed by atoms with E-state index >= 15 is 0 Å². The maximum absolute atomic E-state index is 12.1. The number of Topliss-reactive ketones (excluding diaryl/α,β-unsaturated/α-hetero) is 1. The Morgan fingerprint density at radius 3 is 2.22 bits per heavy atom. The van der Waals surface area contributed by atoms with E-state index in [0.717, 1.165) is 6.26 Å². The molecule has 1 atom stereocenters. The van der Waals surface area contributed by atoms with Crippen LogP contribution in [-0.2, 0) is 14.6 Å². The highest BCUT2D eigenvalue weighted by Gasteiger charge is 2.29. The van der Waals surface area contributed by atoms with Crippen LogP contribution in [0.1, 0.15) is 23.2 Å². The third-order valence-electron chi connectivity index (χ3n) is 2.52. The molecule has 0 bridgehead atoms. The second kappa shape index (κ2) is 5.77. The summed E-state index contributed by atoms with van der Waals surface area (Å²) in [7, 11) is -3.57. The number of amides is 1. The number of rotatable bonds is 6. The molecule has 6 heteroatoms. The molecule has 1 aromatic carbocycles. The first-order chi connectivity index (χ1) is 8.32. The van der Waals surface area contributed by atoms with Gasteiger partial charge < -0.3 is 5.73 Å². The van der Waals surface area contributed by atoms with Crippen LogP contribution in [0.2, 0.25) is 0 Å². The van der Waals surface area contributed by atoms with E-state index in [1.54, 1.807) is 30.3 Å². The van der Waals surface area contributed by atoms with Gasteiger partial charge in [0.05, 0.1) is 0 Å². The Labute approximate surface area is 106 Å². The first kappa shape index (κ1) is 14.4. The van der Waals surface area contributed by atoms with Crippen LogP contribution >= 0.6 is 0 Å². The SMILES string of the molecule is CS(=O)(=O)C(CCC(N)=O)C(=O)c1ccccc1. The number of hydrogen-bond donors (Lipinski definition) is 1. The van der Waals surface area contributed by atoms with E-state index in [1.807, 2.05) is 0 Å². The number of nitrogens with two attached hydrogens (primary N) is 1. The number of primary amides is 1. The van der Waals surface area contributed by atoms with Crippen LogP contribution in [0.5, 0.6) is 0 Å². The van der Waals surface area contributed by atoms with Crippen molar-refractivity contribution in [3.8, 4) is 0 Å². The molecule has 1 rings (SSSR count). The number of hydrogen-bond acceptors (Lipinski definition) is 4. The average molecular weight is 269 g/mol. The van der Waals surface area contributed by atoms with Gasteiger partial charge in [0.15, 0.2) is 15.6 Å². The predicted octanol–water partition coefficient (Wildman–Crippen LogP) is 0.548. The summed E-state index contributed by atoms with van der Waals surface area (Å²) in [5.41, 5.74) is 5.29. The van der Waals surface area contributed by atoms with Crippen LogP contribution in [-0.4, -0.2) is 31.6 Å². The lowest BCUT2D eigenvalue weighted by Crippen LogP contribution is -2.31. The zero-order valence-corrected chi connectivity index (χ0v) is 10.8. The summed E-state index contributed by atoms with van der Waals surface area (Å²) in [5.74, 6) is -1.12. The molecule has 0 aliphatic heterocycles. The summed E-state index contributed by atoms with van der Waals surface area (Å²) in [6, 6.07) is 8.13. The Bertz CT molecular complexity index is 536. The zero-order chi connectivity index (χ0) is 13.8. The summed E-state index contributed by atoms with van der Waals surface area (Å²) in [6.45, 7) is 0. The first-order valence-corrected chi connectivity index (χ1v) is 7.34. The van der Waals surface area contributed by atoms with Crippen molar-refractivity contribution in [2.75, 3.05) is 6.26 Å². The molecule has 1 unspecified atom stereocenters. The molecule has 0 fully saturated rings. The third-order valence-corrected chi connectivity index (χ3v) is 4.00. The predicted molar refractivity (Wildman–Crippen MR) is 67.8 cm³/mol. The van der Waals surface area contributed by atoms with E-state index in [1.165, 1.54) is 0 Å². The van der Waals surface area contributed by atoms with Crippen LogP contribution in [0.3, 0.4) is 0 Å². The van der Waals surface area contributed by atoms with Gasteiger partial charge in [-0.15, -0.1) is 0 Å². The molecule has 1 aromatic rings. The first-order valence-electron chi connectivity index (χ1n) is 5.39. The molecule has 0 saturated heterocycles. The minimum Gasteiger partial charge on any atom is -0.370 e. The lowest BCUT2D eigenvalue weighted by atomic mass is 10.1. The van der Waals surface area contributed by atoms with E-state index in [2.05, 4.69) is 0 Å². The summed E-state index contributed by atoms with van der Waals surface area (Å²) >= 11 is 0. The molecule has 0 radical (unpaired) electrons. The molecule has 5 nitrogen and oxygen atoms in total. The normalized spacial score (nSPS) is 12.9. The van der Waals surface area contributed by atoms with Crippen molar-refractivity contribution >= 4 is 21.5 Å². The molecular weight excluding hydrogens is 254 g/mol. The van der Waals surface area contributed by atoms with E-state index in [-0.39, 0.29) is 12.8 Å². The van der Waals surface area contributed by atoms with Crippen LogP contribution in [0.25, 0.3) is 0 Å². The fraction of sp³-hybridized carbons (Fsp3) is 0.333. The highest BCUT2D eigenvalue weighted by molar-refractivity contribution is 7.92. The zero-order valence-electron chi connectivity index (χ0n) is 10.00. The highest BCUT2D eigenvalue weighted by Crippen LogP contribution is 2.14. The maximum atomic E-state index is 12.1. The van der Waals surface area contributed by atoms with Gasteiger partial charge in [0, 0.05) is 18.2 Å². The number of carbonyl (C=O) groups is 2. The van der Waals surface area contributed by atoms with Gasteiger partial charge in [0.25, 0.3) is 0 Å². The topological polar surface area (TPSA) is 94.3 Å². The summed E-state index contributed by atoms with van der Waals surface area (Å²) in [4.78, 5) is 22.8. The van der Waals surface area contributed by atoms with Crippen molar-refractivity contribution in [3.63, 3.8) is 0 Å². The third kappa shape index (κ3) is 3.96. The number of carbonyl (C=O) groups excluding carboxylic acids is 2. The van der Waals surface area contributed by atoms with E-state index < -0.39 is 26.8 Å². The monoisotopic (exact) mass is 269 g/mol. The summed E-state index contributed by atoms with van der Waals surface area (Å²) < 4.78 is 23.2. The van der Waals surface area contributed by atoms with Gasteiger partial charge in [-0.3, -0.25) is 9.59 Å². The minimum atomic E-state index is -3.57. The quantitative estimate of drug-likeness (QED) is 0.763. The molecule has 1 amide bonds. The van der Waals surface area contributed by atoms with Crippen molar-refractivity contribution in [2.45, 2.75) is 18.1 Å².